The van der Waals surface area contributed by atoms with E-state index >= 15 is 0 Å². The fourth-order valence-electron chi connectivity index (χ4n) is 7.07. The van der Waals surface area contributed by atoms with Crippen LogP contribution in [0.15, 0.2) is 11.6 Å². The van der Waals surface area contributed by atoms with Gasteiger partial charge in [-0.25, -0.2) is 9.59 Å². The SMILES string of the molecule is CCOC(=O)C(=O)O[C@@H]1CC[C@@H]2[C@@H]3CCC4=CC(=O)CC[C@]4(C)[C@H]3CC[C@@]21C. The van der Waals surface area contributed by atoms with Crippen LogP contribution in [0.1, 0.15) is 72.1 Å². The zero-order chi connectivity index (χ0) is 20.1. The third-order valence-corrected chi connectivity index (χ3v) is 8.57. The predicted octanol–water partition coefficient (Wildman–Crippen LogP) is 3.99. The van der Waals surface area contributed by atoms with Crippen molar-refractivity contribution in [2.24, 2.45) is 28.6 Å². The third kappa shape index (κ3) is 2.93. The zero-order valence-corrected chi connectivity index (χ0v) is 17.3. The second kappa shape index (κ2) is 7.00. The minimum Gasteiger partial charge on any atom is -0.458 e. The number of esters is 2. The van der Waals surface area contributed by atoms with E-state index in [4.69, 9.17) is 9.47 Å². The Labute approximate surface area is 167 Å². The highest BCUT2D eigenvalue weighted by atomic mass is 16.6. The minimum absolute atomic E-state index is 0.0641. The van der Waals surface area contributed by atoms with Crippen molar-refractivity contribution in [3.63, 3.8) is 0 Å². The van der Waals surface area contributed by atoms with Crippen LogP contribution in [-0.2, 0) is 23.9 Å². The molecule has 0 heterocycles. The average molecular weight is 389 g/mol. The molecule has 0 aliphatic heterocycles. The molecule has 4 rings (SSSR count). The number of fused-ring (bicyclic) bond motifs is 5. The van der Waals surface area contributed by atoms with Crippen LogP contribution in [0, 0.1) is 28.6 Å². The molecule has 28 heavy (non-hydrogen) atoms. The van der Waals surface area contributed by atoms with Crippen molar-refractivity contribution in [2.45, 2.75) is 78.2 Å². The van der Waals surface area contributed by atoms with E-state index in [2.05, 4.69) is 13.8 Å². The fraction of sp³-hybridized carbons (Fsp3) is 0.783. The zero-order valence-electron chi connectivity index (χ0n) is 17.3. The largest absolute Gasteiger partial charge is 0.458 e. The van der Waals surface area contributed by atoms with Crippen molar-refractivity contribution in [1.82, 2.24) is 0 Å². The number of hydrogen-bond donors (Lipinski definition) is 0. The molecule has 0 spiro atoms. The van der Waals surface area contributed by atoms with Crippen LogP contribution < -0.4 is 0 Å². The van der Waals surface area contributed by atoms with Gasteiger partial charge >= 0.3 is 11.9 Å². The van der Waals surface area contributed by atoms with Gasteiger partial charge in [-0.15, -0.1) is 0 Å². The smallest absolute Gasteiger partial charge is 0.417 e. The van der Waals surface area contributed by atoms with Gasteiger partial charge in [0, 0.05) is 11.8 Å². The Bertz CT molecular complexity index is 725. The average Bonchev–Trinajstić information content (AvgIpc) is 2.99. The summed E-state index contributed by atoms with van der Waals surface area (Å²) in [6.07, 6.45) is 9.51. The van der Waals surface area contributed by atoms with Gasteiger partial charge in [-0.3, -0.25) is 4.79 Å². The first-order chi connectivity index (χ1) is 13.3. The first-order valence-corrected chi connectivity index (χ1v) is 10.9. The highest BCUT2D eigenvalue weighted by molar-refractivity contribution is 6.29. The van der Waals surface area contributed by atoms with Crippen LogP contribution in [0.3, 0.4) is 0 Å². The van der Waals surface area contributed by atoms with E-state index in [0.29, 0.717) is 30.0 Å². The Balaban J connectivity index is 1.52. The van der Waals surface area contributed by atoms with Crippen LogP contribution in [0.4, 0.5) is 0 Å². The molecule has 6 atom stereocenters. The number of rotatable bonds is 2. The molecule has 0 unspecified atom stereocenters. The molecule has 0 aromatic rings. The normalized spacial score (nSPS) is 42.0. The van der Waals surface area contributed by atoms with E-state index in [1.54, 1.807) is 6.92 Å². The molecule has 0 aromatic carbocycles. The van der Waals surface area contributed by atoms with Crippen molar-refractivity contribution in [3.05, 3.63) is 11.6 Å². The summed E-state index contributed by atoms with van der Waals surface area (Å²) in [6, 6.07) is 0. The van der Waals surface area contributed by atoms with Gasteiger partial charge in [0.25, 0.3) is 0 Å². The van der Waals surface area contributed by atoms with E-state index in [1.807, 2.05) is 6.08 Å². The molecule has 3 fully saturated rings. The van der Waals surface area contributed by atoms with E-state index < -0.39 is 11.9 Å². The lowest BCUT2D eigenvalue weighted by Gasteiger charge is -2.57. The first-order valence-electron chi connectivity index (χ1n) is 10.9. The number of carbonyl (C=O) groups is 3. The summed E-state index contributed by atoms with van der Waals surface area (Å²) >= 11 is 0. The predicted molar refractivity (Wildman–Crippen MR) is 103 cm³/mol. The lowest BCUT2D eigenvalue weighted by atomic mass is 9.47. The lowest BCUT2D eigenvalue weighted by Crippen LogP contribution is -2.51. The van der Waals surface area contributed by atoms with Gasteiger partial charge in [0.2, 0.25) is 0 Å². The molecule has 4 aliphatic carbocycles. The van der Waals surface area contributed by atoms with E-state index in [0.717, 1.165) is 44.9 Å². The van der Waals surface area contributed by atoms with Gasteiger partial charge in [-0.2, -0.15) is 0 Å². The van der Waals surface area contributed by atoms with Crippen molar-refractivity contribution in [1.29, 1.82) is 0 Å². The van der Waals surface area contributed by atoms with Gasteiger partial charge in [0.05, 0.1) is 6.61 Å². The van der Waals surface area contributed by atoms with Crippen molar-refractivity contribution in [2.75, 3.05) is 6.61 Å². The molecule has 5 nitrogen and oxygen atoms in total. The highest BCUT2D eigenvalue weighted by Gasteiger charge is 2.60. The summed E-state index contributed by atoms with van der Waals surface area (Å²) in [5.74, 6) is 0.303. The molecular formula is C23H32O5. The molecule has 0 aromatic heterocycles. The second-order valence-corrected chi connectivity index (χ2v) is 9.71. The van der Waals surface area contributed by atoms with Gasteiger partial charge in [-0.1, -0.05) is 19.4 Å². The molecule has 3 saturated carbocycles. The lowest BCUT2D eigenvalue weighted by molar-refractivity contribution is -0.176. The monoisotopic (exact) mass is 388 g/mol. The summed E-state index contributed by atoms with van der Waals surface area (Å²) in [5.41, 5.74) is 1.46. The van der Waals surface area contributed by atoms with Crippen molar-refractivity contribution >= 4 is 17.7 Å². The number of carbonyl (C=O) groups excluding carboxylic acids is 3. The summed E-state index contributed by atoms with van der Waals surface area (Å²) in [7, 11) is 0. The Kier molecular flexibility index (Phi) is 4.91. The maximum absolute atomic E-state index is 12.1. The molecule has 0 amide bonds. The van der Waals surface area contributed by atoms with E-state index in [1.165, 1.54) is 5.57 Å². The van der Waals surface area contributed by atoms with Crippen molar-refractivity contribution < 1.29 is 23.9 Å². The maximum Gasteiger partial charge on any atom is 0.417 e. The molecule has 4 aliphatic rings. The Morgan fingerprint density at radius 1 is 1.04 bits per heavy atom. The number of hydrogen-bond acceptors (Lipinski definition) is 5. The summed E-state index contributed by atoms with van der Waals surface area (Å²) in [5, 5.41) is 0. The van der Waals surface area contributed by atoms with Gasteiger partial charge in [0.15, 0.2) is 5.78 Å². The Morgan fingerprint density at radius 3 is 2.57 bits per heavy atom. The Morgan fingerprint density at radius 2 is 1.82 bits per heavy atom. The van der Waals surface area contributed by atoms with Crippen LogP contribution in [0.2, 0.25) is 0 Å². The van der Waals surface area contributed by atoms with Crippen LogP contribution in [-0.4, -0.2) is 30.4 Å². The molecule has 0 bridgehead atoms. The topological polar surface area (TPSA) is 69.7 Å². The molecule has 0 N–H and O–H groups in total. The fourth-order valence-corrected chi connectivity index (χ4v) is 7.07. The highest BCUT2D eigenvalue weighted by Crippen LogP contribution is 2.65. The second-order valence-electron chi connectivity index (χ2n) is 9.71. The van der Waals surface area contributed by atoms with Crippen LogP contribution >= 0.6 is 0 Å². The van der Waals surface area contributed by atoms with Crippen LogP contribution in [0.5, 0.6) is 0 Å². The first kappa shape index (κ1) is 19.7. The summed E-state index contributed by atoms with van der Waals surface area (Å²) < 4.78 is 10.5. The maximum atomic E-state index is 12.1. The van der Waals surface area contributed by atoms with E-state index in [9.17, 15) is 14.4 Å². The number of allylic oxidation sites excluding steroid dienone is 1. The quantitative estimate of drug-likeness (QED) is 0.528. The van der Waals surface area contributed by atoms with Crippen LogP contribution in [0.25, 0.3) is 0 Å². The standard InChI is InChI=1S/C23H32O5/c1-4-27-20(25)21(26)28-19-8-7-17-16-6-5-14-13-15(24)9-11-22(14,2)18(16)10-12-23(17,19)3/h13,16-19H,4-12H2,1-3H3/t16-,17+,18-,19+,22-,23-/m0/s1. The molecule has 154 valence electrons. The van der Waals surface area contributed by atoms with Gasteiger partial charge in [0.1, 0.15) is 6.10 Å². The molecular weight excluding hydrogens is 356 g/mol. The van der Waals surface area contributed by atoms with E-state index in [-0.39, 0.29) is 23.5 Å². The minimum atomic E-state index is -0.880. The van der Waals surface area contributed by atoms with Gasteiger partial charge < -0.3 is 9.47 Å². The van der Waals surface area contributed by atoms with Crippen molar-refractivity contribution in [3.8, 4) is 0 Å². The molecule has 0 saturated heterocycles. The molecule has 0 radical (unpaired) electrons. The molecule has 5 heteroatoms. The van der Waals surface area contributed by atoms with Gasteiger partial charge in [-0.05, 0) is 81.1 Å². The number of ketones is 1. The Hall–Kier alpha value is -1.65. The summed E-state index contributed by atoms with van der Waals surface area (Å²) in [6.45, 7) is 6.49. The number of ether oxygens (including phenoxy) is 2. The summed E-state index contributed by atoms with van der Waals surface area (Å²) in [4.78, 5) is 35.8. The third-order valence-electron chi connectivity index (χ3n) is 8.57.